The molecule has 2 aliphatic rings. The van der Waals surface area contributed by atoms with E-state index in [4.69, 9.17) is 15.5 Å². The molecule has 1 aromatic rings. The molecule has 0 saturated carbocycles. The second-order valence-corrected chi connectivity index (χ2v) is 8.01. The van der Waals surface area contributed by atoms with Crippen LogP contribution in [0.2, 0.25) is 0 Å². The number of ether oxygens (including phenoxy) is 1. The summed E-state index contributed by atoms with van der Waals surface area (Å²) in [5, 5.41) is 3.33. The molecule has 3 rings (SSSR count). The van der Waals surface area contributed by atoms with Gasteiger partial charge in [-0.2, -0.15) is 0 Å². The quantitative estimate of drug-likeness (QED) is 0.830. The van der Waals surface area contributed by atoms with Crippen LogP contribution in [0.4, 0.5) is 0 Å². The predicted octanol–water partition coefficient (Wildman–Crippen LogP) is 3.32. The molecule has 2 N–H and O–H groups in total. The first-order valence-electron chi connectivity index (χ1n) is 8.61. The number of nitrogens with two attached hydrogens (primary N) is 1. The average Bonchev–Trinajstić information content (AvgIpc) is 3.05. The van der Waals surface area contributed by atoms with Crippen molar-refractivity contribution in [3.8, 4) is 0 Å². The zero-order valence-corrected chi connectivity index (χ0v) is 17.4. The molecule has 1 aromatic heterocycles. The average molecular weight is 410 g/mol. The van der Waals surface area contributed by atoms with E-state index >= 15 is 0 Å². The summed E-state index contributed by atoms with van der Waals surface area (Å²) in [4.78, 5) is 19.6. The van der Waals surface area contributed by atoms with Gasteiger partial charge in [-0.1, -0.05) is 13.8 Å². The summed E-state index contributed by atoms with van der Waals surface area (Å²) in [6, 6.07) is 0. The van der Waals surface area contributed by atoms with Crippen molar-refractivity contribution in [2.24, 2.45) is 5.73 Å². The Hall–Kier alpha value is -0.400. The lowest BCUT2D eigenvalue weighted by molar-refractivity contribution is -0.141. The Morgan fingerprint density at radius 3 is 2.68 bits per heavy atom. The van der Waals surface area contributed by atoms with Crippen LogP contribution in [0.15, 0.2) is 5.38 Å². The molecule has 8 heteroatoms. The van der Waals surface area contributed by atoms with Crippen LogP contribution in [0.5, 0.6) is 0 Å². The molecule has 0 aromatic carbocycles. The van der Waals surface area contributed by atoms with Gasteiger partial charge in [-0.15, -0.1) is 36.2 Å². The first kappa shape index (κ1) is 22.6. The van der Waals surface area contributed by atoms with Crippen molar-refractivity contribution in [3.05, 3.63) is 16.1 Å². The number of carbonyl (C=O) groups excluding carboxylic acids is 1. The van der Waals surface area contributed by atoms with Crippen molar-refractivity contribution in [3.63, 3.8) is 0 Å². The molecule has 2 saturated heterocycles. The molecule has 25 heavy (non-hydrogen) atoms. The normalized spacial score (nSPS) is 22.9. The Labute approximate surface area is 166 Å². The number of rotatable bonds is 3. The number of hydrogen-bond acceptors (Lipinski definition) is 5. The number of carbonyl (C=O) groups is 1. The number of likely N-dealkylation sites (tertiary alicyclic amines) is 1. The zero-order valence-electron chi connectivity index (χ0n) is 14.9. The first-order valence-corrected chi connectivity index (χ1v) is 9.49. The first-order chi connectivity index (χ1) is 11.0. The van der Waals surface area contributed by atoms with Gasteiger partial charge < -0.3 is 15.4 Å². The van der Waals surface area contributed by atoms with Crippen molar-refractivity contribution < 1.29 is 9.53 Å². The van der Waals surface area contributed by atoms with Crippen LogP contribution >= 0.6 is 36.2 Å². The van der Waals surface area contributed by atoms with Crippen LogP contribution in [-0.2, 0) is 9.53 Å². The van der Waals surface area contributed by atoms with Gasteiger partial charge in [-0.25, -0.2) is 4.98 Å². The molecule has 2 aliphatic heterocycles. The van der Waals surface area contributed by atoms with Crippen LogP contribution in [0.25, 0.3) is 0 Å². The molecule has 144 valence electrons. The summed E-state index contributed by atoms with van der Waals surface area (Å²) in [6.45, 7) is 7.08. The van der Waals surface area contributed by atoms with Crippen molar-refractivity contribution in [1.29, 1.82) is 0 Å². The van der Waals surface area contributed by atoms with Crippen molar-refractivity contribution in [2.75, 3.05) is 26.3 Å². The third-order valence-corrected chi connectivity index (χ3v) is 6.03. The highest BCUT2D eigenvalue weighted by molar-refractivity contribution is 7.09. The van der Waals surface area contributed by atoms with Gasteiger partial charge in [0.25, 0.3) is 0 Å². The van der Waals surface area contributed by atoms with E-state index in [1.165, 1.54) is 5.01 Å². The van der Waals surface area contributed by atoms with E-state index in [1.54, 1.807) is 11.3 Å². The molecule has 3 heterocycles. The fraction of sp³-hybridized carbons (Fsp3) is 0.765. The maximum absolute atomic E-state index is 12.9. The van der Waals surface area contributed by atoms with Gasteiger partial charge in [0.15, 0.2) is 0 Å². The standard InChI is InChI=1S/C17H27N3O2S.2ClH/c1-12(2)14-11-23-15(19-14)13-4-3-7-20(10-13)16(21)17(18)5-8-22-9-6-17;;/h11-13H,3-10,18H2,1-2H3;2*1H. The van der Waals surface area contributed by atoms with Crippen molar-refractivity contribution >= 4 is 42.1 Å². The largest absolute Gasteiger partial charge is 0.381 e. The minimum absolute atomic E-state index is 0. The summed E-state index contributed by atoms with van der Waals surface area (Å²) in [5.74, 6) is 0.913. The molecular formula is C17H29Cl2N3O2S. The van der Waals surface area contributed by atoms with E-state index in [9.17, 15) is 4.79 Å². The zero-order chi connectivity index (χ0) is 16.4. The Morgan fingerprint density at radius 1 is 1.40 bits per heavy atom. The number of aromatic nitrogens is 1. The molecule has 0 bridgehead atoms. The van der Waals surface area contributed by atoms with Crippen LogP contribution in [-0.4, -0.2) is 47.6 Å². The monoisotopic (exact) mass is 409 g/mol. The molecule has 0 radical (unpaired) electrons. The summed E-state index contributed by atoms with van der Waals surface area (Å²) >= 11 is 1.73. The molecule has 0 spiro atoms. The van der Waals surface area contributed by atoms with E-state index in [2.05, 4.69) is 19.2 Å². The second kappa shape index (κ2) is 9.51. The third-order valence-electron chi connectivity index (χ3n) is 5.00. The molecule has 5 nitrogen and oxygen atoms in total. The molecule has 1 amide bonds. The maximum Gasteiger partial charge on any atom is 0.242 e. The molecule has 2 fully saturated rings. The van der Waals surface area contributed by atoms with Gasteiger partial charge in [0, 0.05) is 37.6 Å². The number of nitrogens with zero attached hydrogens (tertiary/aromatic N) is 2. The topological polar surface area (TPSA) is 68.5 Å². The third kappa shape index (κ3) is 5.07. The van der Waals surface area contributed by atoms with Crippen LogP contribution < -0.4 is 5.73 Å². The maximum atomic E-state index is 12.9. The molecular weight excluding hydrogens is 381 g/mol. The van der Waals surface area contributed by atoms with E-state index in [1.807, 2.05) is 4.90 Å². The van der Waals surface area contributed by atoms with Crippen LogP contribution in [0.3, 0.4) is 0 Å². The SMILES string of the molecule is CC(C)c1csc(C2CCCN(C(=O)C3(N)CCOCC3)C2)n1.Cl.Cl. The lowest BCUT2D eigenvalue weighted by Gasteiger charge is -2.40. The van der Waals surface area contributed by atoms with E-state index in [0.29, 0.717) is 37.9 Å². The highest BCUT2D eigenvalue weighted by atomic mass is 35.5. The summed E-state index contributed by atoms with van der Waals surface area (Å²) in [5.41, 5.74) is 6.81. The minimum Gasteiger partial charge on any atom is -0.381 e. The second-order valence-electron chi connectivity index (χ2n) is 7.12. The Morgan fingerprint density at radius 2 is 2.08 bits per heavy atom. The van der Waals surface area contributed by atoms with Crippen LogP contribution in [0.1, 0.15) is 62.1 Å². The molecule has 1 unspecified atom stereocenters. The number of halogens is 2. The fourth-order valence-electron chi connectivity index (χ4n) is 3.38. The number of hydrogen-bond donors (Lipinski definition) is 1. The number of amides is 1. The number of thiazole rings is 1. The van der Waals surface area contributed by atoms with Gasteiger partial charge in [-0.3, -0.25) is 4.79 Å². The lowest BCUT2D eigenvalue weighted by atomic mass is 9.88. The van der Waals surface area contributed by atoms with E-state index < -0.39 is 5.54 Å². The van der Waals surface area contributed by atoms with Gasteiger partial charge >= 0.3 is 0 Å². The van der Waals surface area contributed by atoms with Gasteiger partial charge in [-0.05, 0) is 31.6 Å². The smallest absolute Gasteiger partial charge is 0.242 e. The minimum atomic E-state index is -0.730. The van der Waals surface area contributed by atoms with Gasteiger partial charge in [0.1, 0.15) is 0 Å². The summed E-state index contributed by atoms with van der Waals surface area (Å²) in [7, 11) is 0. The highest BCUT2D eigenvalue weighted by Crippen LogP contribution is 2.32. The number of piperidine rings is 1. The van der Waals surface area contributed by atoms with E-state index in [-0.39, 0.29) is 30.7 Å². The Bertz CT molecular complexity index is 562. The Kier molecular flexibility index (Phi) is 8.61. The van der Waals surface area contributed by atoms with Crippen molar-refractivity contribution in [1.82, 2.24) is 9.88 Å². The van der Waals surface area contributed by atoms with Gasteiger partial charge in [0.05, 0.1) is 16.2 Å². The van der Waals surface area contributed by atoms with E-state index in [0.717, 1.165) is 31.6 Å². The Balaban J connectivity index is 0.00000156. The van der Waals surface area contributed by atoms with Gasteiger partial charge in [0.2, 0.25) is 5.91 Å². The van der Waals surface area contributed by atoms with Crippen LogP contribution in [0, 0.1) is 0 Å². The summed E-state index contributed by atoms with van der Waals surface area (Å²) < 4.78 is 5.36. The fourth-order valence-corrected chi connectivity index (χ4v) is 4.49. The summed E-state index contributed by atoms with van der Waals surface area (Å²) in [6.07, 6.45) is 3.39. The molecule has 0 aliphatic carbocycles. The highest BCUT2D eigenvalue weighted by Gasteiger charge is 2.40. The van der Waals surface area contributed by atoms with Crippen molar-refractivity contribution in [2.45, 2.75) is 56.9 Å². The predicted molar refractivity (Wildman–Crippen MR) is 106 cm³/mol. The lowest BCUT2D eigenvalue weighted by Crippen LogP contribution is -2.59. The molecule has 1 atom stereocenters.